The number of hydrogen-bond acceptors (Lipinski definition) is 7. The summed E-state index contributed by atoms with van der Waals surface area (Å²) in [6.07, 6.45) is 2.57. The van der Waals surface area contributed by atoms with Crippen LogP contribution < -0.4 is 10.2 Å². The van der Waals surface area contributed by atoms with Crippen molar-refractivity contribution >= 4 is 18.1 Å². The van der Waals surface area contributed by atoms with Gasteiger partial charge in [0.05, 0.1) is 12.6 Å². The van der Waals surface area contributed by atoms with Crippen LogP contribution in [-0.4, -0.2) is 67.6 Å². The molecular formula is C14H24N4O4. The number of nitrogens with zero attached hydrogens (tertiary/aromatic N) is 3. The van der Waals surface area contributed by atoms with Crippen molar-refractivity contribution in [3.8, 4) is 0 Å². The number of hydrogen-bond donors (Lipinski definition) is 2. The Morgan fingerprint density at radius 2 is 2.32 bits per heavy atom. The molecule has 0 radical (unpaired) electrons. The van der Waals surface area contributed by atoms with Gasteiger partial charge in [0.25, 0.3) is 6.47 Å². The third-order valence-corrected chi connectivity index (χ3v) is 3.46. The number of methoxy groups -OCH3 is 1. The van der Waals surface area contributed by atoms with Gasteiger partial charge < -0.3 is 24.8 Å². The first-order chi connectivity index (χ1) is 10.7. The second-order valence-electron chi connectivity index (χ2n) is 4.77. The third kappa shape index (κ3) is 5.45. The van der Waals surface area contributed by atoms with E-state index in [4.69, 9.17) is 19.4 Å². The molecule has 0 unspecified atom stereocenters. The molecule has 2 heterocycles. The average Bonchev–Trinajstić information content (AvgIpc) is 2.55. The molecule has 0 amide bonds. The molecule has 2 atom stereocenters. The van der Waals surface area contributed by atoms with E-state index in [0.717, 1.165) is 31.2 Å². The summed E-state index contributed by atoms with van der Waals surface area (Å²) in [6, 6.07) is 2.19. The normalized spacial score (nSPS) is 20.5. The zero-order valence-electron chi connectivity index (χ0n) is 13.2. The standard InChI is InChI=1S/C13H22N4O2.CH2O2/c1-4-17(2)13-7-12(14-9-15-13)16-10-5-6-19-8-11(10)18-3;2-1-3/h7,9-11H,4-6,8H2,1-3H3,(H,14,15,16);1H,(H,2,3)/t10-,11-;/m0./s1. The number of carbonyl (C=O) groups is 1. The average molecular weight is 312 g/mol. The van der Waals surface area contributed by atoms with Gasteiger partial charge >= 0.3 is 0 Å². The van der Waals surface area contributed by atoms with Crippen LogP contribution in [0.25, 0.3) is 0 Å². The molecule has 1 fully saturated rings. The minimum atomic E-state index is -0.250. The lowest BCUT2D eigenvalue weighted by Gasteiger charge is -2.31. The smallest absolute Gasteiger partial charge is 0.290 e. The maximum atomic E-state index is 8.36. The maximum absolute atomic E-state index is 8.36. The first-order valence-corrected chi connectivity index (χ1v) is 7.14. The quantitative estimate of drug-likeness (QED) is 0.772. The Kier molecular flexibility index (Phi) is 8.16. The highest BCUT2D eigenvalue weighted by molar-refractivity contribution is 5.48. The van der Waals surface area contributed by atoms with Crippen LogP contribution in [0, 0.1) is 0 Å². The van der Waals surface area contributed by atoms with Crippen LogP contribution in [0.15, 0.2) is 12.4 Å². The van der Waals surface area contributed by atoms with Crippen LogP contribution >= 0.6 is 0 Å². The van der Waals surface area contributed by atoms with E-state index >= 15 is 0 Å². The fourth-order valence-electron chi connectivity index (χ4n) is 2.10. The van der Waals surface area contributed by atoms with E-state index in [1.54, 1.807) is 13.4 Å². The Morgan fingerprint density at radius 3 is 2.95 bits per heavy atom. The number of ether oxygens (including phenoxy) is 2. The van der Waals surface area contributed by atoms with Gasteiger partial charge in [-0.05, 0) is 13.3 Å². The molecule has 124 valence electrons. The van der Waals surface area contributed by atoms with Crippen molar-refractivity contribution in [3.05, 3.63) is 12.4 Å². The van der Waals surface area contributed by atoms with Gasteiger partial charge in [0.1, 0.15) is 24.1 Å². The summed E-state index contributed by atoms with van der Waals surface area (Å²) in [5, 5.41) is 10.3. The molecule has 22 heavy (non-hydrogen) atoms. The predicted octanol–water partition coefficient (Wildman–Crippen LogP) is 0.849. The predicted molar refractivity (Wildman–Crippen MR) is 83.3 cm³/mol. The number of rotatable bonds is 5. The molecule has 1 aromatic heterocycles. The number of nitrogens with one attached hydrogen (secondary N) is 1. The molecule has 1 aromatic rings. The zero-order chi connectivity index (χ0) is 16.4. The van der Waals surface area contributed by atoms with Crippen LogP contribution in [0.2, 0.25) is 0 Å². The summed E-state index contributed by atoms with van der Waals surface area (Å²) < 4.78 is 10.8. The Labute approximate surface area is 130 Å². The lowest BCUT2D eigenvalue weighted by atomic mass is 10.1. The van der Waals surface area contributed by atoms with Crippen molar-refractivity contribution in [2.45, 2.75) is 25.5 Å². The van der Waals surface area contributed by atoms with E-state index in [1.807, 2.05) is 13.1 Å². The van der Waals surface area contributed by atoms with E-state index < -0.39 is 0 Å². The minimum absolute atomic E-state index is 0.0658. The summed E-state index contributed by atoms with van der Waals surface area (Å²) in [6.45, 7) is 4.13. The molecule has 8 heteroatoms. The Balaban J connectivity index is 0.000000745. The summed E-state index contributed by atoms with van der Waals surface area (Å²) in [5.41, 5.74) is 0. The molecular weight excluding hydrogens is 288 g/mol. The topological polar surface area (TPSA) is 96.8 Å². The highest BCUT2D eigenvalue weighted by atomic mass is 16.5. The van der Waals surface area contributed by atoms with E-state index in [0.29, 0.717) is 6.61 Å². The highest BCUT2D eigenvalue weighted by Gasteiger charge is 2.25. The van der Waals surface area contributed by atoms with Crippen molar-refractivity contribution in [1.29, 1.82) is 0 Å². The maximum Gasteiger partial charge on any atom is 0.290 e. The fraction of sp³-hybridized carbons (Fsp3) is 0.643. The van der Waals surface area contributed by atoms with Crippen molar-refractivity contribution in [3.63, 3.8) is 0 Å². The van der Waals surface area contributed by atoms with Gasteiger partial charge in [-0.25, -0.2) is 9.97 Å². The minimum Gasteiger partial charge on any atom is -0.483 e. The van der Waals surface area contributed by atoms with Gasteiger partial charge in [0.2, 0.25) is 0 Å². The summed E-state index contributed by atoms with van der Waals surface area (Å²) in [4.78, 5) is 19.0. The Hall–Kier alpha value is -1.93. The SMILES string of the molecule is CCN(C)c1cc(N[C@H]2CCOC[C@@H]2OC)ncn1.O=CO. The van der Waals surface area contributed by atoms with Crippen LogP contribution in [-0.2, 0) is 14.3 Å². The molecule has 0 aliphatic carbocycles. The second kappa shape index (κ2) is 9.91. The van der Waals surface area contributed by atoms with E-state index in [2.05, 4.69) is 27.1 Å². The molecule has 1 saturated heterocycles. The van der Waals surface area contributed by atoms with E-state index in [9.17, 15) is 0 Å². The van der Waals surface area contributed by atoms with Crippen LogP contribution in [0.1, 0.15) is 13.3 Å². The summed E-state index contributed by atoms with van der Waals surface area (Å²) in [5.74, 6) is 1.75. The van der Waals surface area contributed by atoms with Gasteiger partial charge in [-0.2, -0.15) is 0 Å². The molecule has 0 bridgehead atoms. The molecule has 1 aliphatic heterocycles. The molecule has 8 nitrogen and oxygen atoms in total. The lowest BCUT2D eigenvalue weighted by molar-refractivity contribution is -0.122. The first kappa shape index (κ1) is 18.1. The van der Waals surface area contributed by atoms with Gasteiger partial charge in [-0.15, -0.1) is 0 Å². The molecule has 0 spiro atoms. The molecule has 0 aromatic carbocycles. The third-order valence-electron chi connectivity index (χ3n) is 3.46. The van der Waals surface area contributed by atoms with Crippen molar-refractivity contribution < 1.29 is 19.4 Å². The van der Waals surface area contributed by atoms with Crippen molar-refractivity contribution in [1.82, 2.24) is 9.97 Å². The van der Waals surface area contributed by atoms with Gasteiger partial charge in [0.15, 0.2) is 0 Å². The number of carboxylic acid groups (broad SMARTS) is 1. The van der Waals surface area contributed by atoms with E-state index in [-0.39, 0.29) is 18.6 Å². The molecule has 1 aliphatic rings. The monoisotopic (exact) mass is 312 g/mol. The fourth-order valence-corrected chi connectivity index (χ4v) is 2.10. The number of aromatic nitrogens is 2. The lowest BCUT2D eigenvalue weighted by Crippen LogP contribution is -2.43. The Morgan fingerprint density at radius 1 is 1.59 bits per heavy atom. The van der Waals surface area contributed by atoms with Crippen LogP contribution in [0.3, 0.4) is 0 Å². The first-order valence-electron chi connectivity index (χ1n) is 7.14. The van der Waals surface area contributed by atoms with Gasteiger partial charge in [-0.1, -0.05) is 0 Å². The molecule has 2 rings (SSSR count). The second-order valence-corrected chi connectivity index (χ2v) is 4.77. The van der Waals surface area contributed by atoms with Gasteiger partial charge in [0, 0.05) is 33.4 Å². The molecule has 2 N–H and O–H groups in total. The van der Waals surface area contributed by atoms with Crippen LogP contribution in [0.4, 0.5) is 11.6 Å². The van der Waals surface area contributed by atoms with Gasteiger partial charge in [-0.3, -0.25) is 4.79 Å². The van der Waals surface area contributed by atoms with Crippen molar-refractivity contribution in [2.75, 3.05) is 44.1 Å². The van der Waals surface area contributed by atoms with Crippen LogP contribution in [0.5, 0.6) is 0 Å². The van der Waals surface area contributed by atoms with E-state index in [1.165, 1.54) is 0 Å². The highest BCUT2D eigenvalue weighted by Crippen LogP contribution is 2.18. The summed E-state index contributed by atoms with van der Waals surface area (Å²) >= 11 is 0. The largest absolute Gasteiger partial charge is 0.483 e. The number of anilines is 2. The van der Waals surface area contributed by atoms with Crippen molar-refractivity contribution in [2.24, 2.45) is 0 Å². The molecule has 0 saturated carbocycles. The Bertz CT molecular complexity index is 447. The summed E-state index contributed by atoms with van der Waals surface area (Å²) in [7, 11) is 3.73. The zero-order valence-corrected chi connectivity index (χ0v) is 13.2.